The van der Waals surface area contributed by atoms with Gasteiger partial charge >= 0.3 is 0 Å². The molecule has 0 saturated heterocycles. The van der Waals surface area contributed by atoms with E-state index in [2.05, 4.69) is 0 Å². The van der Waals surface area contributed by atoms with Crippen molar-refractivity contribution < 1.29 is 10.0 Å². The van der Waals surface area contributed by atoms with Crippen molar-refractivity contribution in [2.24, 2.45) is 0 Å². The van der Waals surface area contributed by atoms with Crippen LogP contribution in [0.15, 0.2) is 11.6 Å². The van der Waals surface area contributed by atoms with Crippen molar-refractivity contribution in [3.05, 3.63) is 21.8 Å². The SMILES string of the molecule is CC(C)=C[C@H](O)[C@@H](C)[N+](=O)[O-]. The fourth-order valence-corrected chi connectivity index (χ4v) is 0.605. The molecular formula is C7H13NO3. The van der Waals surface area contributed by atoms with Crippen LogP contribution in [0.2, 0.25) is 0 Å². The van der Waals surface area contributed by atoms with E-state index in [0.717, 1.165) is 5.57 Å². The predicted octanol–water partition coefficient (Wildman–Crippen LogP) is 0.979. The fraction of sp³-hybridized carbons (Fsp3) is 0.714. The average Bonchev–Trinajstić information content (AvgIpc) is 1.84. The lowest BCUT2D eigenvalue weighted by atomic mass is 10.1. The molecule has 0 amide bonds. The molecule has 0 aromatic rings. The first-order valence-electron chi connectivity index (χ1n) is 3.41. The molecule has 1 N–H and O–H groups in total. The van der Waals surface area contributed by atoms with Crippen LogP contribution in [0.1, 0.15) is 20.8 Å². The Morgan fingerprint density at radius 3 is 2.36 bits per heavy atom. The van der Waals surface area contributed by atoms with E-state index >= 15 is 0 Å². The maximum atomic E-state index is 10.1. The molecule has 64 valence electrons. The van der Waals surface area contributed by atoms with Gasteiger partial charge in [0.05, 0.1) is 0 Å². The normalized spacial score (nSPS) is 15.3. The molecule has 0 aliphatic rings. The molecule has 0 bridgehead atoms. The number of hydrogen-bond donors (Lipinski definition) is 1. The Morgan fingerprint density at radius 2 is 2.09 bits per heavy atom. The van der Waals surface area contributed by atoms with Gasteiger partial charge in [0.15, 0.2) is 0 Å². The lowest BCUT2D eigenvalue weighted by molar-refractivity contribution is -0.527. The summed E-state index contributed by atoms with van der Waals surface area (Å²) in [7, 11) is 0. The van der Waals surface area contributed by atoms with Gasteiger partial charge < -0.3 is 5.11 Å². The zero-order valence-corrected chi connectivity index (χ0v) is 6.94. The summed E-state index contributed by atoms with van der Waals surface area (Å²) in [4.78, 5) is 9.64. The molecule has 0 heterocycles. The van der Waals surface area contributed by atoms with E-state index in [4.69, 9.17) is 5.11 Å². The van der Waals surface area contributed by atoms with Gasteiger partial charge in [-0.15, -0.1) is 0 Å². The Bertz CT molecular complexity index is 173. The van der Waals surface area contributed by atoms with E-state index in [0.29, 0.717) is 0 Å². The minimum absolute atomic E-state index is 0.496. The minimum atomic E-state index is -0.977. The Hall–Kier alpha value is -0.900. The number of nitro groups is 1. The van der Waals surface area contributed by atoms with Crippen LogP contribution in [-0.2, 0) is 0 Å². The van der Waals surface area contributed by atoms with E-state index < -0.39 is 17.1 Å². The minimum Gasteiger partial charge on any atom is -0.382 e. The first-order chi connectivity index (χ1) is 4.95. The van der Waals surface area contributed by atoms with Crippen molar-refractivity contribution in [3.8, 4) is 0 Å². The summed E-state index contributed by atoms with van der Waals surface area (Å²) in [6, 6.07) is -0.926. The summed E-state index contributed by atoms with van der Waals surface area (Å²) >= 11 is 0. The van der Waals surface area contributed by atoms with Crippen molar-refractivity contribution >= 4 is 0 Å². The van der Waals surface area contributed by atoms with Crippen LogP contribution in [0.5, 0.6) is 0 Å². The van der Waals surface area contributed by atoms with Gasteiger partial charge in [0.2, 0.25) is 6.04 Å². The molecule has 0 aromatic heterocycles. The maximum Gasteiger partial charge on any atom is 0.239 e. The second-order valence-electron chi connectivity index (χ2n) is 2.76. The van der Waals surface area contributed by atoms with Gasteiger partial charge in [-0.1, -0.05) is 11.6 Å². The molecule has 2 atom stereocenters. The molecule has 0 aliphatic heterocycles. The van der Waals surface area contributed by atoms with Gasteiger partial charge in [0, 0.05) is 11.8 Å². The first-order valence-corrected chi connectivity index (χ1v) is 3.41. The quantitative estimate of drug-likeness (QED) is 0.379. The second-order valence-corrected chi connectivity index (χ2v) is 2.76. The summed E-state index contributed by atoms with van der Waals surface area (Å²) < 4.78 is 0. The van der Waals surface area contributed by atoms with Crippen molar-refractivity contribution in [2.45, 2.75) is 32.9 Å². The van der Waals surface area contributed by atoms with Gasteiger partial charge in [-0.3, -0.25) is 10.1 Å². The molecule has 0 saturated carbocycles. The highest BCUT2D eigenvalue weighted by Gasteiger charge is 2.21. The van der Waals surface area contributed by atoms with Crippen LogP contribution >= 0.6 is 0 Å². The highest BCUT2D eigenvalue weighted by Crippen LogP contribution is 2.01. The summed E-state index contributed by atoms with van der Waals surface area (Å²) in [5, 5.41) is 19.3. The van der Waals surface area contributed by atoms with Gasteiger partial charge in [-0.2, -0.15) is 0 Å². The highest BCUT2D eigenvalue weighted by atomic mass is 16.6. The van der Waals surface area contributed by atoms with E-state index in [1.807, 2.05) is 0 Å². The van der Waals surface area contributed by atoms with Gasteiger partial charge in [0.25, 0.3) is 0 Å². The predicted molar refractivity (Wildman–Crippen MR) is 41.9 cm³/mol. The van der Waals surface area contributed by atoms with Crippen LogP contribution in [0.4, 0.5) is 0 Å². The van der Waals surface area contributed by atoms with Crippen molar-refractivity contribution in [1.82, 2.24) is 0 Å². The molecule has 11 heavy (non-hydrogen) atoms. The zero-order valence-electron chi connectivity index (χ0n) is 6.94. The largest absolute Gasteiger partial charge is 0.382 e. The summed E-state index contributed by atoms with van der Waals surface area (Å²) in [6.45, 7) is 4.95. The molecular weight excluding hydrogens is 146 g/mol. The topological polar surface area (TPSA) is 63.4 Å². The Morgan fingerprint density at radius 1 is 1.64 bits per heavy atom. The standard InChI is InChI=1S/C7H13NO3/c1-5(2)4-7(9)6(3)8(10)11/h4,6-7,9H,1-3H3/t6-,7+/m1/s1. The van der Waals surface area contributed by atoms with E-state index in [1.165, 1.54) is 13.0 Å². The molecule has 0 rings (SSSR count). The second kappa shape index (κ2) is 4.08. The maximum absolute atomic E-state index is 10.1. The fourth-order valence-electron chi connectivity index (χ4n) is 0.605. The number of nitrogens with zero attached hydrogens (tertiary/aromatic N) is 1. The third-order valence-corrected chi connectivity index (χ3v) is 1.33. The Balaban J connectivity index is 4.14. The molecule has 0 unspecified atom stereocenters. The molecule has 0 fully saturated rings. The summed E-state index contributed by atoms with van der Waals surface area (Å²) in [6.07, 6.45) is 0.503. The average molecular weight is 159 g/mol. The van der Waals surface area contributed by atoms with Gasteiger partial charge in [-0.05, 0) is 13.8 Å². The molecule has 0 spiro atoms. The van der Waals surface area contributed by atoms with E-state index in [9.17, 15) is 10.1 Å². The van der Waals surface area contributed by atoms with Crippen LogP contribution in [0.3, 0.4) is 0 Å². The summed E-state index contributed by atoms with van der Waals surface area (Å²) in [5.41, 5.74) is 0.881. The smallest absolute Gasteiger partial charge is 0.239 e. The van der Waals surface area contributed by atoms with Crippen LogP contribution in [0.25, 0.3) is 0 Å². The molecule has 0 aromatic carbocycles. The molecule has 4 nitrogen and oxygen atoms in total. The zero-order chi connectivity index (χ0) is 9.02. The third kappa shape index (κ3) is 3.72. The number of aliphatic hydroxyl groups is 1. The van der Waals surface area contributed by atoms with Gasteiger partial charge in [-0.25, -0.2) is 0 Å². The van der Waals surface area contributed by atoms with Crippen LogP contribution < -0.4 is 0 Å². The van der Waals surface area contributed by atoms with Crippen LogP contribution in [0, 0.1) is 10.1 Å². The van der Waals surface area contributed by atoms with E-state index in [-0.39, 0.29) is 0 Å². The van der Waals surface area contributed by atoms with Crippen molar-refractivity contribution in [1.29, 1.82) is 0 Å². The number of hydrogen-bond acceptors (Lipinski definition) is 3. The van der Waals surface area contributed by atoms with Crippen LogP contribution in [-0.4, -0.2) is 22.2 Å². The molecule has 0 radical (unpaired) electrons. The van der Waals surface area contributed by atoms with Crippen molar-refractivity contribution in [2.75, 3.05) is 0 Å². The van der Waals surface area contributed by atoms with Crippen molar-refractivity contribution in [3.63, 3.8) is 0 Å². The molecule has 0 aliphatic carbocycles. The number of rotatable bonds is 3. The molecule has 4 heteroatoms. The monoisotopic (exact) mass is 159 g/mol. The third-order valence-electron chi connectivity index (χ3n) is 1.33. The highest BCUT2D eigenvalue weighted by molar-refractivity contribution is 4.99. The Labute approximate surface area is 65.7 Å². The van der Waals surface area contributed by atoms with Gasteiger partial charge in [0.1, 0.15) is 6.10 Å². The van der Waals surface area contributed by atoms with E-state index in [1.54, 1.807) is 13.8 Å². The summed E-state index contributed by atoms with van der Waals surface area (Å²) in [5.74, 6) is 0. The Kier molecular flexibility index (Phi) is 3.74. The lowest BCUT2D eigenvalue weighted by Gasteiger charge is -2.07. The lowest BCUT2D eigenvalue weighted by Crippen LogP contribution is -2.28. The first kappa shape index (κ1) is 10.1. The number of aliphatic hydroxyl groups excluding tert-OH is 1. The number of allylic oxidation sites excluding steroid dienone is 1.